The van der Waals surface area contributed by atoms with Crippen molar-refractivity contribution in [2.45, 2.75) is 26.7 Å². The van der Waals surface area contributed by atoms with E-state index in [1.54, 1.807) is 12.1 Å². The van der Waals surface area contributed by atoms with Gasteiger partial charge in [0.15, 0.2) is 0 Å². The van der Waals surface area contributed by atoms with Crippen LogP contribution >= 0.6 is 23.2 Å². The van der Waals surface area contributed by atoms with Crippen LogP contribution in [-0.2, 0) is 4.79 Å². The van der Waals surface area contributed by atoms with E-state index in [1.165, 1.54) is 4.90 Å². The molecule has 1 heterocycles. The van der Waals surface area contributed by atoms with Crippen molar-refractivity contribution in [2.75, 3.05) is 11.4 Å². The Bertz CT molecular complexity index is 540. The molecule has 5 heteroatoms. The molecular formula is C14H15Cl2NO2. The van der Waals surface area contributed by atoms with Gasteiger partial charge in [0.2, 0.25) is 0 Å². The molecule has 0 unspecified atom stereocenters. The van der Waals surface area contributed by atoms with Gasteiger partial charge in [-0.05, 0) is 30.9 Å². The van der Waals surface area contributed by atoms with Gasteiger partial charge < -0.3 is 4.90 Å². The third-order valence-corrected chi connectivity index (χ3v) is 3.80. The second-order valence-electron chi connectivity index (χ2n) is 5.07. The Labute approximate surface area is 122 Å². The number of amides is 1. The smallest absolute Gasteiger partial charge is 0.299 e. The lowest BCUT2D eigenvalue weighted by molar-refractivity contribution is -0.114. The number of rotatable bonds is 4. The summed E-state index contributed by atoms with van der Waals surface area (Å²) in [5.41, 5.74) is 0.705. The van der Waals surface area contributed by atoms with E-state index in [9.17, 15) is 9.59 Å². The maximum Gasteiger partial charge on any atom is 0.299 e. The topological polar surface area (TPSA) is 37.4 Å². The highest BCUT2D eigenvalue weighted by atomic mass is 35.5. The number of hydrogen-bond donors (Lipinski definition) is 0. The fraction of sp³-hybridized carbons (Fsp3) is 0.429. The molecule has 102 valence electrons. The van der Waals surface area contributed by atoms with E-state index in [0.717, 1.165) is 12.8 Å². The summed E-state index contributed by atoms with van der Waals surface area (Å²) >= 11 is 12.1. The van der Waals surface area contributed by atoms with Crippen LogP contribution in [-0.4, -0.2) is 18.2 Å². The Morgan fingerprint density at radius 3 is 2.42 bits per heavy atom. The molecule has 1 aromatic rings. The molecule has 0 N–H and O–H groups in total. The molecule has 19 heavy (non-hydrogen) atoms. The van der Waals surface area contributed by atoms with E-state index in [4.69, 9.17) is 23.2 Å². The first-order valence-electron chi connectivity index (χ1n) is 6.27. The minimum atomic E-state index is -0.563. The van der Waals surface area contributed by atoms with Gasteiger partial charge in [0, 0.05) is 6.54 Å². The van der Waals surface area contributed by atoms with Crippen LogP contribution in [0.5, 0.6) is 0 Å². The number of hydrogen-bond acceptors (Lipinski definition) is 2. The molecule has 1 aliphatic rings. The average molecular weight is 300 g/mol. The van der Waals surface area contributed by atoms with Gasteiger partial charge in [-0.3, -0.25) is 9.59 Å². The number of Topliss-reactive ketones (excluding diaryl/α,β-unsaturated/α-hetero) is 1. The molecule has 0 aliphatic carbocycles. The minimum Gasteiger partial charge on any atom is -0.303 e. The van der Waals surface area contributed by atoms with Crippen molar-refractivity contribution in [2.24, 2.45) is 5.92 Å². The van der Waals surface area contributed by atoms with Crippen LogP contribution in [0.2, 0.25) is 10.0 Å². The average Bonchev–Trinajstić information content (AvgIpc) is 2.59. The van der Waals surface area contributed by atoms with E-state index in [0.29, 0.717) is 23.2 Å². The first kappa shape index (κ1) is 14.4. The second kappa shape index (κ2) is 5.51. The molecule has 0 saturated carbocycles. The van der Waals surface area contributed by atoms with Crippen LogP contribution in [0.4, 0.5) is 5.69 Å². The minimum absolute atomic E-state index is 0.240. The van der Waals surface area contributed by atoms with E-state index in [1.807, 2.05) is 0 Å². The van der Waals surface area contributed by atoms with Gasteiger partial charge >= 0.3 is 0 Å². The van der Waals surface area contributed by atoms with Gasteiger partial charge in [0.1, 0.15) is 0 Å². The van der Waals surface area contributed by atoms with Crippen LogP contribution in [0.1, 0.15) is 37.0 Å². The van der Waals surface area contributed by atoms with E-state index >= 15 is 0 Å². The van der Waals surface area contributed by atoms with Gasteiger partial charge in [-0.25, -0.2) is 0 Å². The highest BCUT2D eigenvalue weighted by molar-refractivity contribution is 6.56. The number of benzene rings is 1. The summed E-state index contributed by atoms with van der Waals surface area (Å²) in [5.74, 6) is -0.538. The summed E-state index contributed by atoms with van der Waals surface area (Å²) in [5, 5.41) is 0.673. The molecule has 1 aliphatic heterocycles. The first-order chi connectivity index (χ1) is 8.93. The first-order valence-corrected chi connectivity index (χ1v) is 7.03. The van der Waals surface area contributed by atoms with Crippen molar-refractivity contribution in [1.82, 2.24) is 0 Å². The number of nitrogens with zero attached hydrogens (tertiary/aromatic N) is 1. The monoisotopic (exact) mass is 299 g/mol. The van der Waals surface area contributed by atoms with E-state index < -0.39 is 11.7 Å². The molecule has 3 nitrogen and oxygen atoms in total. The summed E-state index contributed by atoms with van der Waals surface area (Å²) in [6.07, 6.45) is 1.82. The maximum atomic E-state index is 12.0. The molecule has 2 rings (SSSR count). The molecule has 0 radical (unpaired) electrons. The van der Waals surface area contributed by atoms with Crippen molar-refractivity contribution in [3.8, 4) is 0 Å². The largest absolute Gasteiger partial charge is 0.303 e. The van der Waals surface area contributed by atoms with Gasteiger partial charge in [-0.1, -0.05) is 37.0 Å². The Morgan fingerprint density at radius 1 is 1.16 bits per heavy atom. The number of halogens is 2. The van der Waals surface area contributed by atoms with Crippen LogP contribution in [0.3, 0.4) is 0 Å². The number of anilines is 1. The van der Waals surface area contributed by atoms with Gasteiger partial charge in [0.25, 0.3) is 11.7 Å². The summed E-state index contributed by atoms with van der Waals surface area (Å²) in [7, 11) is 0. The van der Waals surface area contributed by atoms with Crippen molar-refractivity contribution in [3.63, 3.8) is 0 Å². The number of carbonyl (C=O) groups is 2. The van der Waals surface area contributed by atoms with Gasteiger partial charge in [-0.15, -0.1) is 0 Å². The van der Waals surface area contributed by atoms with E-state index in [2.05, 4.69) is 13.8 Å². The summed E-state index contributed by atoms with van der Waals surface area (Å²) < 4.78 is 0. The molecule has 0 saturated heterocycles. The molecule has 1 amide bonds. The number of fused-ring (bicyclic) bond motifs is 1. The Hall–Kier alpha value is -1.06. The summed E-state index contributed by atoms with van der Waals surface area (Å²) in [4.78, 5) is 25.4. The lowest BCUT2D eigenvalue weighted by atomic mass is 10.1. The molecule has 0 aromatic heterocycles. The Morgan fingerprint density at radius 2 is 1.79 bits per heavy atom. The molecular weight excluding hydrogens is 285 g/mol. The van der Waals surface area contributed by atoms with Crippen molar-refractivity contribution in [3.05, 3.63) is 27.7 Å². The normalized spacial score (nSPS) is 14.5. The quantitative estimate of drug-likeness (QED) is 0.789. The molecule has 0 spiro atoms. The fourth-order valence-corrected chi connectivity index (χ4v) is 2.72. The Kier molecular flexibility index (Phi) is 4.16. The zero-order chi connectivity index (χ0) is 14.2. The molecule has 1 aromatic carbocycles. The highest BCUT2D eigenvalue weighted by Gasteiger charge is 2.38. The third kappa shape index (κ3) is 2.63. The van der Waals surface area contributed by atoms with Crippen molar-refractivity contribution >= 4 is 40.6 Å². The van der Waals surface area contributed by atoms with Crippen LogP contribution < -0.4 is 4.90 Å². The predicted octanol–water partition coefficient (Wildman–Crippen LogP) is 3.96. The van der Waals surface area contributed by atoms with Crippen molar-refractivity contribution < 1.29 is 9.59 Å². The number of carbonyl (C=O) groups excluding carboxylic acids is 2. The zero-order valence-corrected chi connectivity index (χ0v) is 12.4. The third-order valence-electron chi connectivity index (χ3n) is 3.18. The standard InChI is InChI=1S/C14H15Cl2NO2/c1-8(2)4-3-7-17-12-10(16)6-5-9(15)11(12)13(18)14(17)19/h5-6,8H,3-4,7H2,1-2H3. The van der Waals surface area contributed by atoms with Crippen LogP contribution in [0.15, 0.2) is 12.1 Å². The molecule has 0 bridgehead atoms. The summed E-state index contributed by atoms with van der Waals surface area (Å²) in [6, 6.07) is 3.16. The molecule has 0 atom stereocenters. The van der Waals surface area contributed by atoms with Crippen LogP contribution in [0.25, 0.3) is 0 Å². The van der Waals surface area contributed by atoms with Crippen LogP contribution in [0, 0.1) is 5.92 Å². The highest BCUT2D eigenvalue weighted by Crippen LogP contribution is 2.40. The lowest BCUT2D eigenvalue weighted by Crippen LogP contribution is -2.31. The second-order valence-corrected chi connectivity index (χ2v) is 5.89. The molecule has 0 fully saturated rings. The SMILES string of the molecule is CC(C)CCCN1C(=O)C(=O)c2c(Cl)ccc(Cl)c21. The lowest BCUT2D eigenvalue weighted by Gasteiger charge is -2.18. The van der Waals surface area contributed by atoms with E-state index in [-0.39, 0.29) is 10.6 Å². The maximum absolute atomic E-state index is 12.0. The fourth-order valence-electron chi connectivity index (χ4n) is 2.22. The predicted molar refractivity (Wildman–Crippen MR) is 77.2 cm³/mol. The van der Waals surface area contributed by atoms with Gasteiger partial charge in [-0.2, -0.15) is 0 Å². The zero-order valence-electron chi connectivity index (χ0n) is 10.9. The Balaban J connectivity index is 2.31. The van der Waals surface area contributed by atoms with Gasteiger partial charge in [0.05, 0.1) is 21.3 Å². The summed E-state index contributed by atoms with van der Waals surface area (Å²) in [6.45, 7) is 4.74. The number of ketones is 1. The van der Waals surface area contributed by atoms with Crippen molar-refractivity contribution in [1.29, 1.82) is 0 Å².